The van der Waals surface area contributed by atoms with Crippen LogP contribution in [-0.4, -0.2) is 29.2 Å². The van der Waals surface area contributed by atoms with E-state index in [0.717, 1.165) is 6.07 Å². The van der Waals surface area contributed by atoms with Gasteiger partial charge in [0.1, 0.15) is 6.10 Å². The molecule has 0 bridgehead atoms. The molecule has 21 heavy (non-hydrogen) atoms. The summed E-state index contributed by atoms with van der Waals surface area (Å²) >= 11 is 0. The van der Waals surface area contributed by atoms with E-state index in [9.17, 15) is 14.3 Å². The van der Waals surface area contributed by atoms with Crippen LogP contribution in [0.25, 0.3) is 0 Å². The second-order valence-electron chi connectivity index (χ2n) is 4.62. The Bertz CT molecular complexity index is 640. The molecular formula is C15H17FN2O3. The van der Waals surface area contributed by atoms with Crippen molar-refractivity contribution in [2.24, 2.45) is 7.05 Å². The Hall–Kier alpha value is -2.34. The molecule has 0 radical (unpaired) electrons. The van der Waals surface area contributed by atoms with Gasteiger partial charge in [-0.25, -0.2) is 4.39 Å². The average Bonchev–Trinajstić information content (AvgIpc) is 2.90. The molecule has 112 valence electrons. The number of ether oxygens (including phenoxy) is 1. The van der Waals surface area contributed by atoms with Gasteiger partial charge in [0.25, 0.3) is 5.91 Å². The van der Waals surface area contributed by atoms with Crippen molar-refractivity contribution in [1.29, 1.82) is 0 Å². The smallest absolute Gasteiger partial charge is 0.251 e. The molecule has 0 saturated heterocycles. The van der Waals surface area contributed by atoms with Gasteiger partial charge in [0.05, 0.1) is 7.11 Å². The van der Waals surface area contributed by atoms with Crippen molar-refractivity contribution >= 4 is 5.91 Å². The van der Waals surface area contributed by atoms with E-state index in [-0.39, 0.29) is 17.9 Å². The van der Waals surface area contributed by atoms with Gasteiger partial charge < -0.3 is 19.7 Å². The predicted molar refractivity (Wildman–Crippen MR) is 75.7 cm³/mol. The summed E-state index contributed by atoms with van der Waals surface area (Å²) in [6, 6.07) is 7.52. The van der Waals surface area contributed by atoms with Crippen LogP contribution < -0.4 is 10.1 Å². The Morgan fingerprint density at radius 3 is 2.81 bits per heavy atom. The van der Waals surface area contributed by atoms with E-state index < -0.39 is 17.8 Å². The second-order valence-corrected chi connectivity index (χ2v) is 4.62. The standard InChI is InChI=1S/C15H17FN2O3/c1-18-7-3-4-12(18)13(19)9-17-15(20)10-5-6-14(21-2)11(16)8-10/h3-8,13,19H,9H2,1-2H3,(H,17,20)/t13-/m0/s1. The zero-order valence-electron chi connectivity index (χ0n) is 11.8. The topological polar surface area (TPSA) is 63.5 Å². The van der Waals surface area contributed by atoms with Gasteiger partial charge in [0.15, 0.2) is 11.6 Å². The quantitative estimate of drug-likeness (QED) is 0.880. The number of hydrogen-bond donors (Lipinski definition) is 2. The number of aliphatic hydroxyl groups excluding tert-OH is 1. The minimum Gasteiger partial charge on any atom is -0.494 e. The van der Waals surface area contributed by atoms with Crippen molar-refractivity contribution in [1.82, 2.24) is 9.88 Å². The lowest BCUT2D eigenvalue weighted by molar-refractivity contribution is 0.0912. The normalized spacial score (nSPS) is 12.0. The van der Waals surface area contributed by atoms with Crippen LogP contribution in [0.15, 0.2) is 36.5 Å². The number of aromatic nitrogens is 1. The number of nitrogens with one attached hydrogen (secondary N) is 1. The number of aliphatic hydroxyl groups is 1. The first-order valence-corrected chi connectivity index (χ1v) is 6.44. The molecule has 1 heterocycles. The molecule has 5 nitrogen and oxygen atoms in total. The summed E-state index contributed by atoms with van der Waals surface area (Å²) < 4.78 is 20.1. The maximum atomic E-state index is 13.5. The van der Waals surface area contributed by atoms with E-state index in [4.69, 9.17) is 4.74 Å². The van der Waals surface area contributed by atoms with Crippen molar-refractivity contribution in [3.8, 4) is 5.75 Å². The lowest BCUT2D eigenvalue weighted by Gasteiger charge is -2.13. The number of nitrogens with zero attached hydrogens (tertiary/aromatic N) is 1. The van der Waals surface area contributed by atoms with Crippen LogP contribution in [0, 0.1) is 5.82 Å². The molecular weight excluding hydrogens is 275 g/mol. The number of benzene rings is 1. The van der Waals surface area contributed by atoms with E-state index in [2.05, 4.69) is 5.32 Å². The molecule has 1 aromatic heterocycles. The Morgan fingerprint density at radius 2 is 2.24 bits per heavy atom. The van der Waals surface area contributed by atoms with Crippen LogP contribution >= 0.6 is 0 Å². The molecule has 2 aromatic rings. The van der Waals surface area contributed by atoms with Crippen LogP contribution in [0.5, 0.6) is 5.75 Å². The number of hydrogen-bond acceptors (Lipinski definition) is 3. The zero-order valence-corrected chi connectivity index (χ0v) is 11.8. The molecule has 0 unspecified atom stereocenters. The number of amides is 1. The summed E-state index contributed by atoms with van der Waals surface area (Å²) in [5.41, 5.74) is 0.864. The highest BCUT2D eigenvalue weighted by Crippen LogP contribution is 2.18. The van der Waals surface area contributed by atoms with Crippen molar-refractivity contribution in [2.75, 3.05) is 13.7 Å². The lowest BCUT2D eigenvalue weighted by atomic mass is 10.2. The minimum atomic E-state index is -0.822. The van der Waals surface area contributed by atoms with Crippen molar-refractivity contribution in [2.45, 2.75) is 6.10 Å². The molecule has 1 atom stereocenters. The largest absolute Gasteiger partial charge is 0.494 e. The fourth-order valence-corrected chi connectivity index (χ4v) is 2.02. The van der Waals surface area contributed by atoms with Crippen molar-refractivity contribution < 1.29 is 19.0 Å². The molecule has 0 saturated carbocycles. The average molecular weight is 292 g/mol. The van der Waals surface area contributed by atoms with Gasteiger partial charge in [-0.2, -0.15) is 0 Å². The van der Waals surface area contributed by atoms with Gasteiger partial charge in [-0.05, 0) is 30.3 Å². The highest BCUT2D eigenvalue weighted by atomic mass is 19.1. The van der Waals surface area contributed by atoms with E-state index in [1.807, 2.05) is 0 Å². The van der Waals surface area contributed by atoms with Gasteiger partial charge in [-0.15, -0.1) is 0 Å². The Morgan fingerprint density at radius 1 is 1.48 bits per heavy atom. The third kappa shape index (κ3) is 3.41. The van der Waals surface area contributed by atoms with Crippen LogP contribution in [0.1, 0.15) is 22.2 Å². The molecule has 0 spiro atoms. The number of halogens is 1. The van der Waals surface area contributed by atoms with E-state index >= 15 is 0 Å². The molecule has 0 aliphatic carbocycles. The number of aryl methyl sites for hydroxylation is 1. The second kappa shape index (κ2) is 6.41. The summed E-state index contributed by atoms with van der Waals surface area (Å²) in [7, 11) is 3.16. The zero-order chi connectivity index (χ0) is 15.4. The monoisotopic (exact) mass is 292 g/mol. The molecule has 0 fully saturated rings. The molecule has 0 aliphatic rings. The van der Waals surface area contributed by atoms with Crippen LogP contribution in [0.3, 0.4) is 0 Å². The molecule has 0 aliphatic heterocycles. The van der Waals surface area contributed by atoms with Gasteiger partial charge in [-0.1, -0.05) is 0 Å². The fourth-order valence-electron chi connectivity index (χ4n) is 2.02. The Labute approximate surface area is 122 Å². The molecule has 1 amide bonds. The first-order valence-electron chi connectivity index (χ1n) is 6.44. The number of methoxy groups -OCH3 is 1. The summed E-state index contributed by atoms with van der Waals surface area (Å²) in [5, 5.41) is 12.6. The van der Waals surface area contributed by atoms with Crippen LogP contribution in [-0.2, 0) is 7.05 Å². The minimum absolute atomic E-state index is 0.0460. The maximum Gasteiger partial charge on any atom is 0.251 e. The summed E-state index contributed by atoms with van der Waals surface area (Å²) in [6.45, 7) is 0.0460. The summed E-state index contributed by atoms with van der Waals surface area (Å²) in [6.07, 6.45) is 0.983. The third-order valence-electron chi connectivity index (χ3n) is 3.20. The first kappa shape index (κ1) is 15.1. The third-order valence-corrected chi connectivity index (χ3v) is 3.20. The van der Waals surface area contributed by atoms with Crippen LogP contribution in [0.2, 0.25) is 0 Å². The summed E-state index contributed by atoms with van der Waals surface area (Å²) in [5.74, 6) is -0.978. The highest BCUT2D eigenvalue weighted by molar-refractivity contribution is 5.94. The molecule has 1 aromatic carbocycles. The van der Waals surface area contributed by atoms with Gasteiger partial charge in [0, 0.05) is 31.0 Å². The van der Waals surface area contributed by atoms with Crippen molar-refractivity contribution in [3.05, 3.63) is 53.6 Å². The predicted octanol–water partition coefficient (Wildman–Crippen LogP) is 1.64. The highest BCUT2D eigenvalue weighted by Gasteiger charge is 2.14. The lowest BCUT2D eigenvalue weighted by Crippen LogP contribution is -2.29. The number of carbonyl (C=O) groups excluding carboxylic acids is 1. The molecule has 2 N–H and O–H groups in total. The first-order chi connectivity index (χ1) is 10.0. The maximum absolute atomic E-state index is 13.5. The van der Waals surface area contributed by atoms with Gasteiger partial charge in [0.2, 0.25) is 0 Å². The number of carbonyl (C=O) groups is 1. The number of rotatable bonds is 5. The van der Waals surface area contributed by atoms with Crippen LogP contribution in [0.4, 0.5) is 4.39 Å². The van der Waals surface area contributed by atoms with Gasteiger partial charge in [-0.3, -0.25) is 4.79 Å². The van der Waals surface area contributed by atoms with Crippen molar-refractivity contribution in [3.63, 3.8) is 0 Å². The Kier molecular flexibility index (Phi) is 4.59. The Balaban J connectivity index is 1.99. The van der Waals surface area contributed by atoms with Gasteiger partial charge >= 0.3 is 0 Å². The molecule has 6 heteroatoms. The SMILES string of the molecule is COc1ccc(C(=O)NC[C@H](O)c2cccn2C)cc1F. The van der Waals surface area contributed by atoms with E-state index in [1.54, 1.807) is 29.9 Å². The summed E-state index contributed by atoms with van der Waals surface area (Å²) in [4.78, 5) is 11.9. The van der Waals surface area contributed by atoms with E-state index in [1.165, 1.54) is 19.2 Å². The molecule has 2 rings (SSSR count). The van der Waals surface area contributed by atoms with E-state index in [0.29, 0.717) is 5.69 Å². The fraction of sp³-hybridized carbons (Fsp3) is 0.267.